The molecule has 2 N–H and O–H groups in total. The van der Waals surface area contributed by atoms with Crippen molar-refractivity contribution in [2.75, 3.05) is 19.8 Å². The number of imide groups is 1. The van der Waals surface area contributed by atoms with Gasteiger partial charge >= 0.3 is 0 Å². The fourth-order valence-electron chi connectivity index (χ4n) is 2.46. The Morgan fingerprint density at radius 2 is 1.94 bits per heavy atom. The highest BCUT2D eigenvalue weighted by molar-refractivity contribution is 6.04. The molecule has 2 aliphatic heterocycles. The molecule has 4 unspecified atom stereocenters. The Labute approximate surface area is 101 Å². The molecule has 2 fully saturated rings. The van der Waals surface area contributed by atoms with Crippen LogP contribution in [0, 0.1) is 17.8 Å². The average Bonchev–Trinajstić information content (AvgIpc) is 2.90. The topological polar surface area (TPSA) is 72.6 Å². The first-order valence-corrected chi connectivity index (χ1v) is 6.21. The molecule has 4 atom stereocenters. The monoisotopic (exact) mass is 240 g/mol. The van der Waals surface area contributed by atoms with E-state index in [2.05, 4.69) is 0 Å². The summed E-state index contributed by atoms with van der Waals surface area (Å²) in [6, 6.07) is -0.164. The van der Waals surface area contributed by atoms with E-state index in [-0.39, 0.29) is 35.6 Å². The molecule has 2 rings (SSSR count). The second-order valence-electron chi connectivity index (χ2n) is 5.15. The van der Waals surface area contributed by atoms with Gasteiger partial charge in [0.05, 0.1) is 6.61 Å². The van der Waals surface area contributed by atoms with Crippen molar-refractivity contribution in [2.24, 2.45) is 23.5 Å². The van der Waals surface area contributed by atoms with Gasteiger partial charge in [0.15, 0.2) is 0 Å². The molecular formula is C12H20N2O3. The summed E-state index contributed by atoms with van der Waals surface area (Å²) in [5.74, 6) is -0.334. The van der Waals surface area contributed by atoms with Crippen LogP contribution in [0.3, 0.4) is 0 Å². The number of hydrogen-bond acceptors (Lipinski definition) is 4. The molecule has 0 aliphatic carbocycles. The third-order valence-corrected chi connectivity index (χ3v) is 4.02. The van der Waals surface area contributed by atoms with Crippen LogP contribution in [0.15, 0.2) is 0 Å². The smallest absolute Gasteiger partial charge is 0.232 e. The lowest BCUT2D eigenvalue weighted by Crippen LogP contribution is -2.45. The Kier molecular flexibility index (Phi) is 3.49. The molecule has 5 nitrogen and oxygen atoms in total. The van der Waals surface area contributed by atoms with E-state index in [1.165, 1.54) is 4.90 Å². The fraction of sp³-hybridized carbons (Fsp3) is 0.833. The largest absolute Gasteiger partial charge is 0.381 e. The van der Waals surface area contributed by atoms with Crippen molar-refractivity contribution >= 4 is 11.8 Å². The van der Waals surface area contributed by atoms with Crippen LogP contribution in [0.25, 0.3) is 0 Å². The maximum Gasteiger partial charge on any atom is 0.232 e. The SMILES string of the molecule is CC1C(=O)N(CC(N)C2CCOC2)C(=O)C1C. The zero-order valence-corrected chi connectivity index (χ0v) is 10.4. The van der Waals surface area contributed by atoms with E-state index in [0.29, 0.717) is 13.2 Å². The van der Waals surface area contributed by atoms with Gasteiger partial charge in [0.2, 0.25) is 11.8 Å². The summed E-state index contributed by atoms with van der Waals surface area (Å²) in [5, 5.41) is 0. The molecule has 5 heteroatoms. The molecule has 0 radical (unpaired) electrons. The first-order chi connectivity index (χ1) is 8.02. The first kappa shape index (κ1) is 12.5. The number of hydrogen-bond donors (Lipinski definition) is 1. The second-order valence-corrected chi connectivity index (χ2v) is 5.15. The van der Waals surface area contributed by atoms with Crippen molar-refractivity contribution in [1.82, 2.24) is 4.90 Å². The van der Waals surface area contributed by atoms with Crippen LogP contribution in [0.5, 0.6) is 0 Å². The van der Waals surface area contributed by atoms with E-state index >= 15 is 0 Å². The minimum Gasteiger partial charge on any atom is -0.381 e. The Morgan fingerprint density at radius 1 is 1.35 bits per heavy atom. The van der Waals surface area contributed by atoms with Gasteiger partial charge in [-0.15, -0.1) is 0 Å². The van der Waals surface area contributed by atoms with E-state index < -0.39 is 0 Å². The molecule has 0 aromatic heterocycles. The summed E-state index contributed by atoms with van der Waals surface area (Å²) >= 11 is 0. The summed E-state index contributed by atoms with van der Waals surface area (Å²) < 4.78 is 5.27. The standard InChI is InChI=1S/C12H20N2O3/c1-7-8(2)12(16)14(11(7)15)5-10(13)9-3-4-17-6-9/h7-10H,3-6,13H2,1-2H3. The molecule has 0 spiro atoms. The maximum absolute atomic E-state index is 11.9. The van der Waals surface area contributed by atoms with Gasteiger partial charge in [0.25, 0.3) is 0 Å². The predicted octanol–water partition coefficient (Wildman–Crippen LogP) is -0.00880. The van der Waals surface area contributed by atoms with Crippen molar-refractivity contribution in [3.63, 3.8) is 0 Å². The van der Waals surface area contributed by atoms with Crippen LogP contribution in [0.2, 0.25) is 0 Å². The fourth-order valence-corrected chi connectivity index (χ4v) is 2.46. The Morgan fingerprint density at radius 3 is 2.41 bits per heavy atom. The zero-order chi connectivity index (χ0) is 12.6. The van der Waals surface area contributed by atoms with Gasteiger partial charge in [-0.05, 0) is 6.42 Å². The molecule has 0 aromatic rings. The van der Waals surface area contributed by atoms with Crippen LogP contribution in [0.1, 0.15) is 20.3 Å². The van der Waals surface area contributed by atoms with E-state index in [9.17, 15) is 9.59 Å². The molecule has 2 saturated heterocycles. The van der Waals surface area contributed by atoms with Crippen LogP contribution < -0.4 is 5.73 Å². The summed E-state index contributed by atoms with van der Waals surface area (Å²) in [6.45, 7) is 5.31. The number of ether oxygens (including phenoxy) is 1. The third kappa shape index (κ3) is 2.21. The molecule has 2 aliphatic rings. The van der Waals surface area contributed by atoms with Gasteiger partial charge in [-0.3, -0.25) is 14.5 Å². The summed E-state index contributed by atoms with van der Waals surface area (Å²) in [5.41, 5.74) is 6.05. The normalized spacial score (nSPS) is 35.7. The van der Waals surface area contributed by atoms with Crippen molar-refractivity contribution in [2.45, 2.75) is 26.3 Å². The molecular weight excluding hydrogens is 220 g/mol. The van der Waals surface area contributed by atoms with Gasteiger partial charge in [0, 0.05) is 36.9 Å². The van der Waals surface area contributed by atoms with Gasteiger partial charge in [0.1, 0.15) is 0 Å². The van der Waals surface area contributed by atoms with Gasteiger partial charge < -0.3 is 10.5 Å². The highest BCUT2D eigenvalue weighted by atomic mass is 16.5. The molecule has 96 valence electrons. The first-order valence-electron chi connectivity index (χ1n) is 6.21. The number of carbonyl (C=O) groups excluding carboxylic acids is 2. The van der Waals surface area contributed by atoms with Gasteiger partial charge in [-0.1, -0.05) is 13.8 Å². The number of nitrogens with two attached hydrogens (primary N) is 1. The molecule has 17 heavy (non-hydrogen) atoms. The lowest BCUT2D eigenvalue weighted by Gasteiger charge is -2.23. The number of nitrogens with zero attached hydrogens (tertiary/aromatic N) is 1. The van der Waals surface area contributed by atoms with Crippen molar-refractivity contribution in [1.29, 1.82) is 0 Å². The lowest BCUT2D eigenvalue weighted by atomic mass is 9.99. The number of likely N-dealkylation sites (tertiary alicyclic amines) is 1. The highest BCUT2D eigenvalue weighted by Crippen LogP contribution is 2.26. The zero-order valence-electron chi connectivity index (χ0n) is 10.4. The Balaban J connectivity index is 1.98. The van der Waals surface area contributed by atoms with Crippen molar-refractivity contribution < 1.29 is 14.3 Å². The van der Waals surface area contributed by atoms with Gasteiger partial charge in [-0.25, -0.2) is 0 Å². The lowest BCUT2D eigenvalue weighted by molar-refractivity contribution is -0.140. The van der Waals surface area contributed by atoms with Gasteiger partial charge in [-0.2, -0.15) is 0 Å². The molecule has 2 heterocycles. The molecule has 2 amide bonds. The van der Waals surface area contributed by atoms with Crippen LogP contribution in [0.4, 0.5) is 0 Å². The summed E-state index contributed by atoms with van der Waals surface area (Å²) in [4.78, 5) is 25.1. The highest BCUT2D eigenvalue weighted by Gasteiger charge is 2.43. The molecule has 0 aromatic carbocycles. The minimum atomic E-state index is -0.213. The number of rotatable bonds is 3. The van der Waals surface area contributed by atoms with Crippen LogP contribution in [-0.4, -0.2) is 42.5 Å². The second kappa shape index (κ2) is 4.74. The minimum absolute atomic E-state index is 0.0862. The molecule has 0 saturated carbocycles. The predicted molar refractivity (Wildman–Crippen MR) is 61.9 cm³/mol. The van der Waals surface area contributed by atoms with Crippen LogP contribution >= 0.6 is 0 Å². The Bertz CT molecular complexity index is 306. The summed E-state index contributed by atoms with van der Waals surface area (Å²) in [7, 11) is 0. The number of carbonyl (C=O) groups is 2. The molecule has 0 bridgehead atoms. The van der Waals surface area contributed by atoms with Crippen molar-refractivity contribution in [3.8, 4) is 0 Å². The summed E-state index contributed by atoms with van der Waals surface area (Å²) in [6.07, 6.45) is 0.919. The van der Waals surface area contributed by atoms with E-state index in [4.69, 9.17) is 10.5 Å². The van der Waals surface area contributed by atoms with E-state index in [1.54, 1.807) is 13.8 Å². The maximum atomic E-state index is 11.9. The Hall–Kier alpha value is -0.940. The van der Waals surface area contributed by atoms with E-state index in [0.717, 1.165) is 13.0 Å². The van der Waals surface area contributed by atoms with E-state index in [1.807, 2.05) is 0 Å². The van der Waals surface area contributed by atoms with Crippen LogP contribution in [-0.2, 0) is 14.3 Å². The average molecular weight is 240 g/mol. The quantitative estimate of drug-likeness (QED) is 0.704. The van der Waals surface area contributed by atoms with Crippen molar-refractivity contribution in [3.05, 3.63) is 0 Å². The number of amides is 2. The third-order valence-electron chi connectivity index (χ3n) is 4.02.